The summed E-state index contributed by atoms with van der Waals surface area (Å²) < 4.78 is 88.3. The smallest absolute Gasteiger partial charge is 0.268 e. The van der Waals surface area contributed by atoms with Crippen LogP contribution in [0.3, 0.4) is 0 Å². The molecule has 0 aliphatic carbocycles. The first-order valence-corrected chi connectivity index (χ1v) is 23.6. The van der Waals surface area contributed by atoms with E-state index in [0.717, 1.165) is 49.9 Å². The Balaban J connectivity index is 0.00000688. The number of aromatic nitrogens is 4. The van der Waals surface area contributed by atoms with E-state index in [1.54, 1.807) is 0 Å². The maximum Gasteiger partial charge on any atom is 0.268 e. The Morgan fingerprint density at radius 3 is 1.80 bits per heavy atom. The van der Waals surface area contributed by atoms with Gasteiger partial charge in [0, 0.05) is 44.3 Å². The molecule has 10 aromatic rings. The molecule has 0 unspecified atom stereocenters. The zero-order chi connectivity index (χ0) is 55.3. The van der Waals surface area contributed by atoms with Crippen LogP contribution >= 0.6 is 0 Å². The molecular formula is C64H60N4OPt-2. The molecular weight excluding hydrogens is 1040 g/mol. The van der Waals surface area contributed by atoms with Gasteiger partial charge in [0.2, 0.25) is 0 Å². The van der Waals surface area contributed by atoms with Crippen molar-refractivity contribution in [1.82, 2.24) is 14.1 Å². The molecule has 1 aliphatic heterocycles. The van der Waals surface area contributed by atoms with Crippen molar-refractivity contribution < 1.29 is 41.3 Å². The zero-order valence-corrected chi connectivity index (χ0v) is 44.0. The fourth-order valence-corrected chi connectivity index (χ4v) is 9.60. The molecule has 0 atom stereocenters. The van der Waals surface area contributed by atoms with E-state index >= 15 is 0 Å². The Hall–Kier alpha value is -6.55. The van der Waals surface area contributed by atoms with E-state index in [2.05, 4.69) is 143 Å². The first-order chi connectivity index (χ1) is 36.1. The fraction of sp³-hybridized carbons (Fsp3) is 0.250. The molecule has 4 heterocycles. The molecule has 0 radical (unpaired) electrons. The summed E-state index contributed by atoms with van der Waals surface area (Å²) in [4.78, 5) is 4.86. The van der Waals surface area contributed by atoms with Crippen LogP contribution in [0.4, 0.5) is 0 Å². The Labute approximate surface area is 439 Å². The standard InChI is InChI=1S/C64H60N4O.Pt/c1-61(2,3)40-30-31-65-58(36-40)68-55-27-18-17-26-50(55)51-29-28-45(38-56(51)68)69-44-21-19-20-43(37-44)66-39-67-59-52(32-41(62(4,5)6)34-54(59)64(10,11)12)48-24-15-13-22-46(48)47-23-14-16-25-49(47)53-33-42(63(7,8)9)35-57(66)60(53)67;/h13-36H,1-12H3;/q-2;/i13D,14D,15D,16D,22D,23D,24D,25D;. The minimum Gasteiger partial charge on any atom is -0.510 e. The molecule has 354 valence electrons. The summed E-state index contributed by atoms with van der Waals surface area (Å²) in [5, 5.41) is 2.06. The van der Waals surface area contributed by atoms with Gasteiger partial charge < -0.3 is 13.9 Å². The van der Waals surface area contributed by atoms with Crippen LogP contribution in [-0.4, -0.2) is 14.1 Å². The van der Waals surface area contributed by atoms with Crippen molar-refractivity contribution in [2.45, 2.75) is 105 Å². The second kappa shape index (κ2) is 16.8. The molecule has 5 nitrogen and oxygen atoms in total. The van der Waals surface area contributed by atoms with Crippen molar-refractivity contribution in [3.05, 3.63) is 186 Å². The predicted octanol–water partition coefficient (Wildman–Crippen LogP) is 16.1. The van der Waals surface area contributed by atoms with Crippen LogP contribution in [-0.2, 0) is 42.7 Å². The van der Waals surface area contributed by atoms with Crippen molar-refractivity contribution in [3.63, 3.8) is 0 Å². The van der Waals surface area contributed by atoms with Crippen LogP contribution < -0.4 is 9.30 Å². The van der Waals surface area contributed by atoms with Crippen molar-refractivity contribution in [2.75, 3.05) is 0 Å². The molecule has 0 spiro atoms. The van der Waals surface area contributed by atoms with Gasteiger partial charge in [-0.1, -0.05) is 173 Å². The van der Waals surface area contributed by atoms with Crippen molar-refractivity contribution in [2.24, 2.45) is 0 Å². The number of hydrogen-bond donors (Lipinski definition) is 0. The number of nitrogens with zero attached hydrogens (tertiary/aromatic N) is 4. The van der Waals surface area contributed by atoms with Gasteiger partial charge in [-0.05, 0) is 113 Å². The van der Waals surface area contributed by atoms with Gasteiger partial charge in [0.25, 0.3) is 6.33 Å². The Kier molecular flexibility index (Phi) is 9.18. The molecule has 70 heavy (non-hydrogen) atoms. The second-order valence-electron chi connectivity index (χ2n) is 22.4. The van der Waals surface area contributed by atoms with Crippen molar-refractivity contribution >= 4 is 32.8 Å². The monoisotopic (exact) mass is 1100 g/mol. The van der Waals surface area contributed by atoms with Crippen LogP contribution in [0.5, 0.6) is 11.5 Å². The summed E-state index contributed by atoms with van der Waals surface area (Å²) in [6, 6.07) is 34.0. The van der Waals surface area contributed by atoms with E-state index in [-0.39, 0.29) is 60.8 Å². The summed E-state index contributed by atoms with van der Waals surface area (Å²) in [6.07, 6.45) is 5.60. The molecule has 6 heteroatoms. The van der Waals surface area contributed by atoms with E-state index in [1.807, 2.05) is 69.9 Å². The number of pyridine rings is 1. The van der Waals surface area contributed by atoms with Crippen LogP contribution in [0.2, 0.25) is 0 Å². The van der Waals surface area contributed by atoms with Gasteiger partial charge in [0.15, 0.2) is 0 Å². The molecule has 0 N–H and O–H groups in total. The van der Waals surface area contributed by atoms with Gasteiger partial charge in [-0.15, -0.1) is 29.7 Å². The van der Waals surface area contributed by atoms with Crippen LogP contribution in [0.1, 0.15) is 116 Å². The van der Waals surface area contributed by atoms with E-state index in [1.165, 1.54) is 0 Å². The topological polar surface area (TPSA) is 35.9 Å². The van der Waals surface area contributed by atoms with E-state index in [4.69, 9.17) is 13.8 Å². The molecule has 11 rings (SSSR count). The number of fused-ring (bicyclic) bond motifs is 10. The van der Waals surface area contributed by atoms with E-state index in [9.17, 15) is 6.85 Å². The van der Waals surface area contributed by atoms with E-state index < -0.39 is 52.5 Å². The van der Waals surface area contributed by atoms with Crippen LogP contribution in [0.15, 0.2) is 146 Å². The third-order valence-corrected chi connectivity index (χ3v) is 13.4. The number of rotatable bonds is 4. The Morgan fingerprint density at radius 1 is 0.543 bits per heavy atom. The summed E-state index contributed by atoms with van der Waals surface area (Å²) in [5.41, 5.74) is 7.47. The summed E-state index contributed by atoms with van der Waals surface area (Å²) >= 11 is 0. The second-order valence-corrected chi connectivity index (χ2v) is 22.4. The predicted molar refractivity (Wildman–Crippen MR) is 285 cm³/mol. The largest absolute Gasteiger partial charge is 0.510 e. The third-order valence-electron chi connectivity index (χ3n) is 13.4. The van der Waals surface area contributed by atoms with Gasteiger partial charge in [-0.25, -0.2) is 4.98 Å². The molecule has 3 aromatic heterocycles. The first kappa shape index (κ1) is 38.2. The van der Waals surface area contributed by atoms with Gasteiger partial charge in [0.1, 0.15) is 5.82 Å². The van der Waals surface area contributed by atoms with Crippen molar-refractivity contribution in [3.8, 4) is 62.1 Å². The minimum absolute atomic E-state index is 0. The molecule has 0 saturated carbocycles. The van der Waals surface area contributed by atoms with E-state index in [0.29, 0.717) is 45.0 Å². The number of hydrogen-bond acceptors (Lipinski definition) is 2. The third kappa shape index (κ3) is 8.01. The van der Waals surface area contributed by atoms with Gasteiger partial charge in [-0.2, -0.15) is 18.2 Å². The summed E-state index contributed by atoms with van der Waals surface area (Å²) in [7, 11) is 0. The average molecular weight is 1100 g/mol. The maximum atomic E-state index is 9.81. The summed E-state index contributed by atoms with van der Waals surface area (Å²) in [6.45, 7) is 25.5. The van der Waals surface area contributed by atoms with Crippen LogP contribution in [0.25, 0.3) is 83.4 Å². The minimum atomic E-state index is -0.573. The quantitative estimate of drug-likeness (QED) is 0.130. The Bertz CT molecular complexity index is 4170. The molecule has 0 amide bonds. The van der Waals surface area contributed by atoms with Gasteiger partial charge >= 0.3 is 0 Å². The SMILES string of the molecule is [2H]c1c([2H])c([2H])c2c(c1[2H])-c1cc(C(C)(C)C)cc(C(C)(C)C)c1-[n+]1[c-]n(-c3[c-]c(Oc4[c-]c5c(cc4)c4ccccc4n5-c4cc(C(C)(C)C)ccn4)ccc3)c3cc(C(C)(C)C)cc(c31)-c1c([2H])c([2H])c([2H])c([2H])c1-2.[Pt]. The molecule has 7 aromatic carbocycles. The number of benzene rings is 7. The van der Waals surface area contributed by atoms with Crippen LogP contribution in [0, 0.1) is 18.5 Å². The fourth-order valence-electron chi connectivity index (χ4n) is 9.60. The average Bonchev–Trinajstić information content (AvgIpc) is 3.96. The van der Waals surface area contributed by atoms with Crippen molar-refractivity contribution in [1.29, 1.82) is 0 Å². The van der Waals surface area contributed by atoms with Gasteiger partial charge in [0.05, 0.1) is 27.7 Å². The molecule has 0 bridgehead atoms. The van der Waals surface area contributed by atoms with Gasteiger partial charge in [-0.3, -0.25) is 4.57 Å². The molecule has 1 aliphatic rings. The maximum absolute atomic E-state index is 9.81. The molecule has 0 saturated heterocycles. The normalized spacial score (nSPS) is 14.3. The first-order valence-electron chi connectivity index (χ1n) is 27.6. The number of ether oxygens (including phenoxy) is 1. The molecule has 0 fully saturated rings. The zero-order valence-electron chi connectivity index (χ0n) is 49.8. The Morgan fingerprint density at radius 2 is 1.14 bits per heavy atom. The summed E-state index contributed by atoms with van der Waals surface area (Å²) in [5.74, 6) is 1.64. The number of imidazole rings is 1. The number of para-hydroxylation sites is 1.